The van der Waals surface area contributed by atoms with Crippen molar-refractivity contribution < 1.29 is 9.47 Å². The van der Waals surface area contributed by atoms with E-state index >= 15 is 0 Å². The monoisotopic (exact) mass is 254 g/mol. The van der Waals surface area contributed by atoms with Gasteiger partial charge in [0.25, 0.3) is 0 Å². The van der Waals surface area contributed by atoms with E-state index in [1.165, 1.54) is 0 Å². The van der Waals surface area contributed by atoms with E-state index in [0.29, 0.717) is 0 Å². The van der Waals surface area contributed by atoms with Crippen molar-refractivity contribution in [1.29, 1.82) is 0 Å². The van der Waals surface area contributed by atoms with Crippen LogP contribution in [0.2, 0.25) is 0 Å². The normalized spacial score (nSPS) is 10.3. The fraction of sp³-hybridized carbons (Fsp3) is 0.571. The summed E-state index contributed by atoms with van der Waals surface area (Å²) in [5.41, 5.74) is 0. The number of rotatable bonds is 8. The van der Waals surface area contributed by atoms with Gasteiger partial charge in [-0.2, -0.15) is 0 Å². The molecule has 0 aromatic heterocycles. The van der Waals surface area contributed by atoms with Crippen LogP contribution in [0.1, 0.15) is 39.5 Å². The molecule has 0 saturated carbocycles. The summed E-state index contributed by atoms with van der Waals surface area (Å²) in [5, 5.41) is 0. The van der Waals surface area contributed by atoms with E-state index < -0.39 is 0 Å². The largest absolute Gasteiger partial charge is 0.494 e. The molecule has 1 aromatic rings. The van der Waals surface area contributed by atoms with E-state index in [1.807, 2.05) is 18.2 Å². The van der Waals surface area contributed by atoms with Gasteiger partial charge in [-0.25, -0.2) is 0 Å². The highest BCUT2D eigenvalue weighted by Gasteiger charge is 2.02. The molecule has 17 heavy (non-hydrogen) atoms. The van der Waals surface area contributed by atoms with Crippen LogP contribution in [0.15, 0.2) is 23.1 Å². The van der Waals surface area contributed by atoms with Gasteiger partial charge < -0.3 is 9.47 Å². The molecule has 0 saturated heterocycles. The molecular weight excluding hydrogens is 232 g/mol. The molecule has 0 N–H and O–H groups in total. The van der Waals surface area contributed by atoms with Crippen molar-refractivity contribution in [3.05, 3.63) is 18.2 Å². The lowest BCUT2D eigenvalue weighted by Gasteiger charge is -2.10. The van der Waals surface area contributed by atoms with E-state index in [1.54, 1.807) is 0 Å². The van der Waals surface area contributed by atoms with Gasteiger partial charge in [-0.15, -0.1) is 12.6 Å². The first kappa shape index (κ1) is 14.2. The van der Waals surface area contributed by atoms with Crippen molar-refractivity contribution in [2.75, 3.05) is 13.2 Å². The minimum absolute atomic E-state index is 0.750. The molecule has 1 aromatic carbocycles. The van der Waals surface area contributed by atoms with Gasteiger partial charge in [-0.3, -0.25) is 0 Å². The average Bonchev–Trinajstić information content (AvgIpc) is 2.32. The van der Waals surface area contributed by atoms with Gasteiger partial charge in [-0.1, -0.05) is 26.7 Å². The Hall–Kier alpha value is -0.830. The van der Waals surface area contributed by atoms with E-state index in [4.69, 9.17) is 9.47 Å². The van der Waals surface area contributed by atoms with Crippen molar-refractivity contribution in [3.8, 4) is 11.5 Å². The van der Waals surface area contributed by atoms with Crippen LogP contribution in [0.4, 0.5) is 0 Å². The number of thiol groups is 1. The van der Waals surface area contributed by atoms with Gasteiger partial charge in [0.1, 0.15) is 11.5 Å². The maximum Gasteiger partial charge on any atom is 0.132 e. The maximum absolute atomic E-state index is 5.63. The molecule has 0 aliphatic heterocycles. The summed E-state index contributed by atoms with van der Waals surface area (Å²) in [6, 6.07) is 5.79. The van der Waals surface area contributed by atoms with E-state index in [2.05, 4.69) is 26.5 Å². The number of unbranched alkanes of at least 4 members (excludes halogenated alkanes) is 2. The molecule has 0 aliphatic carbocycles. The second-order valence-electron chi connectivity index (χ2n) is 4.03. The number of hydrogen-bond donors (Lipinski definition) is 1. The maximum atomic E-state index is 5.63. The molecule has 0 fully saturated rings. The van der Waals surface area contributed by atoms with Crippen molar-refractivity contribution in [2.45, 2.75) is 44.4 Å². The predicted octanol–water partition coefficient (Wildman–Crippen LogP) is 4.33. The Labute approximate surface area is 110 Å². The van der Waals surface area contributed by atoms with Gasteiger partial charge in [-0.05, 0) is 31.0 Å². The van der Waals surface area contributed by atoms with Crippen LogP contribution in [0.5, 0.6) is 11.5 Å². The van der Waals surface area contributed by atoms with Gasteiger partial charge in [0, 0.05) is 4.90 Å². The third-order valence-electron chi connectivity index (χ3n) is 2.45. The molecule has 1 rings (SSSR count). The lowest BCUT2D eigenvalue weighted by atomic mass is 10.3. The van der Waals surface area contributed by atoms with Crippen LogP contribution in [0, 0.1) is 0 Å². The average molecular weight is 254 g/mol. The predicted molar refractivity (Wildman–Crippen MR) is 74.5 cm³/mol. The van der Waals surface area contributed by atoms with E-state index in [-0.39, 0.29) is 0 Å². The standard InChI is InChI=1S/C14H22O2S/c1-3-5-9-15-12-7-8-13(14(17)11-12)16-10-6-4-2/h7-8,11,17H,3-6,9-10H2,1-2H3. The quantitative estimate of drug-likeness (QED) is 0.550. The highest BCUT2D eigenvalue weighted by atomic mass is 32.1. The summed E-state index contributed by atoms with van der Waals surface area (Å²) < 4.78 is 11.2. The van der Waals surface area contributed by atoms with Crippen LogP contribution in [-0.2, 0) is 0 Å². The summed E-state index contributed by atoms with van der Waals surface area (Å²) in [4.78, 5) is 0.843. The SMILES string of the molecule is CCCCOc1ccc(OCCCC)c(S)c1. The van der Waals surface area contributed by atoms with E-state index in [0.717, 1.165) is 55.3 Å². The summed E-state index contributed by atoms with van der Waals surface area (Å²) in [5.74, 6) is 1.70. The van der Waals surface area contributed by atoms with Gasteiger partial charge in [0.05, 0.1) is 13.2 Å². The third kappa shape index (κ3) is 5.35. The molecule has 96 valence electrons. The van der Waals surface area contributed by atoms with Crippen LogP contribution in [0.25, 0.3) is 0 Å². The Morgan fingerprint density at radius 3 is 2.24 bits per heavy atom. The van der Waals surface area contributed by atoms with E-state index in [9.17, 15) is 0 Å². The minimum atomic E-state index is 0.750. The molecule has 0 heterocycles. The van der Waals surface area contributed by atoms with Crippen molar-refractivity contribution >= 4 is 12.6 Å². The number of hydrogen-bond acceptors (Lipinski definition) is 3. The number of ether oxygens (including phenoxy) is 2. The smallest absolute Gasteiger partial charge is 0.132 e. The summed E-state index contributed by atoms with van der Waals surface area (Å²) in [7, 11) is 0. The first-order valence-corrected chi connectivity index (χ1v) is 6.81. The summed E-state index contributed by atoms with van der Waals surface area (Å²) in [6.07, 6.45) is 4.44. The third-order valence-corrected chi connectivity index (χ3v) is 2.80. The molecule has 0 spiro atoms. The Balaban J connectivity index is 2.47. The van der Waals surface area contributed by atoms with Crippen molar-refractivity contribution in [1.82, 2.24) is 0 Å². The summed E-state index contributed by atoms with van der Waals surface area (Å²) in [6.45, 7) is 5.81. The van der Waals surface area contributed by atoms with Crippen molar-refractivity contribution in [2.24, 2.45) is 0 Å². The molecule has 0 aliphatic rings. The van der Waals surface area contributed by atoms with Gasteiger partial charge >= 0.3 is 0 Å². The zero-order chi connectivity index (χ0) is 12.5. The molecule has 0 unspecified atom stereocenters. The molecular formula is C14H22O2S. The Morgan fingerprint density at radius 2 is 1.65 bits per heavy atom. The fourth-order valence-corrected chi connectivity index (χ4v) is 1.64. The number of benzene rings is 1. The minimum Gasteiger partial charge on any atom is -0.494 e. The zero-order valence-corrected chi connectivity index (χ0v) is 11.6. The molecule has 0 radical (unpaired) electrons. The highest BCUT2D eigenvalue weighted by molar-refractivity contribution is 7.80. The Kier molecular flexibility index (Phi) is 6.94. The summed E-state index contributed by atoms with van der Waals surface area (Å²) >= 11 is 4.41. The topological polar surface area (TPSA) is 18.5 Å². The second kappa shape index (κ2) is 8.29. The lowest BCUT2D eigenvalue weighted by molar-refractivity contribution is 0.295. The Bertz CT molecular complexity index is 326. The second-order valence-corrected chi connectivity index (χ2v) is 4.52. The zero-order valence-electron chi connectivity index (χ0n) is 10.7. The van der Waals surface area contributed by atoms with Crippen LogP contribution in [-0.4, -0.2) is 13.2 Å². The molecule has 0 amide bonds. The highest BCUT2D eigenvalue weighted by Crippen LogP contribution is 2.27. The Morgan fingerprint density at radius 1 is 1.00 bits per heavy atom. The molecule has 0 bridgehead atoms. The molecule has 2 nitrogen and oxygen atoms in total. The molecule has 0 atom stereocenters. The molecule has 3 heteroatoms. The lowest BCUT2D eigenvalue weighted by Crippen LogP contribution is -1.99. The van der Waals surface area contributed by atoms with Crippen LogP contribution >= 0.6 is 12.6 Å². The van der Waals surface area contributed by atoms with Crippen LogP contribution < -0.4 is 9.47 Å². The van der Waals surface area contributed by atoms with Crippen LogP contribution in [0.3, 0.4) is 0 Å². The first-order valence-electron chi connectivity index (χ1n) is 6.36. The fourth-order valence-electron chi connectivity index (χ4n) is 1.37. The van der Waals surface area contributed by atoms with Crippen molar-refractivity contribution in [3.63, 3.8) is 0 Å². The first-order chi connectivity index (χ1) is 8.27. The van der Waals surface area contributed by atoms with Gasteiger partial charge in [0.2, 0.25) is 0 Å². The van der Waals surface area contributed by atoms with Gasteiger partial charge in [0.15, 0.2) is 0 Å².